The van der Waals surface area contributed by atoms with Crippen molar-refractivity contribution in [3.05, 3.63) is 23.8 Å². The van der Waals surface area contributed by atoms with Gasteiger partial charge in [-0.05, 0) is 43.5 Å². The average molecular weight is 292 g/mol. The third kappa shape index (κ3) is 3.69. The number of hydrogen-bond acceptors (Lipinski definition) is 4. The molecule has 0 aliphatic carbocycles. The summed E-state index contributed by atoms with van der Waals surface area (Å²) in [6.07, 6.45) is 2.55. The fourth-order valence-corrected chi connectivity index (χ4v) is 3.31. The van der Waals surface area contributed by atoms with Crippen molar-refractivity contribution in [3.63, 3.8) is 0 Å². The highest BCUT2D eigenvalue weighted by atomic mass is 16.5. The van der Waals surface area contributed by atoms with Gasteiger partial charge in [-0.1, -0.05) is 13.8 Å². The Morgan fingerprint density at radius 3 is 2.67 bits per heavy atom. The summed E-state index contributed by atoms with van der Waals surface area (Å²) in [4.78, 5) is 2.52. The molecule has 1 saturated heterocycles. The van der Waals surface area contributed by atoms with Crippen LogP contribution in [0.3, 0.4) is 0 Å². The first kappa shape index (κ1) is 16.1. The van der Waals surface area contributed by atoms with Crippen LogP contribution in [0.25, 0.3) is 0 Å². The Morgan fingerprint density at radius 2 is 2.05 bits per heavy atom. The first-order valence-electron chi connectivity index (χ1n) is 7.78. The lowest BCUT2D eigenvalue weighted by Gasteiger charge is -2.30. The molecule has 2 unspecified atom stereocenters. The summed E-state index contributed by atoms with van der Waals surface area (Å²) in [5, 5.41) is 0. The van der Waals surface area contributed by atoms with Crippen molar-refractivity contribution in [2.75, 3.05) is 27.3 Å². The fraction of sp³-hybridized carbons (Fsp3) is 0.647. The molecule has 2 rings (SSSR count). The molecule has 4 heteroatoms. The van der Waals surface area contributed by atoms with Crippen molar-refractivity contribution in [1.82, 2.24) is 4.90 Å². The highest BCUT2D eigenvalue weighted by molar-refractivity contribution is 5.42. The number of likely N-dealkylation sites (tertiary alicyclic amines) is 1. The molecule has 0 amide bonds. The molecule has 21 heavy (non-hydrogen) atoms. The summed E-state index contributed by atoms with van der Waals surface area (Å²) in [7, 11) is 3.36. The second-order valence-corrected chi connectivity index (χ2v) is 6.16. The molecule has 4 nitrogen and oxygen atoms in total. The van der Waals surface area contributed by atoms with E-state index in [1.165, 1.54) is 12.8 Å². The number of methoxy groups -OCH3 is 2. The van der Waals surface area contributed by atoms with Crippen LogP contribution < -0.4 is 15.2 Å². The van der Waals surface area contributed by atoms with E-state index in [0.29, 0.717) is 12.0 Å². The molecule has 1 aromatic carbocycles. The van der Waals surface area contributed by atoms with Gasteiger partial charge < -0.3 is 15.2 Å². The second-order valence-electron chi connectivity index (χ2n) is 6.16. The molecular weight excluding hydrogens is 264 g/mol. The molecule has 0 saturated carbocycles. The Hall–Kier alpha value is -1.26. The van der Waals surface area contributed by atoms with E-state index in [2.05, 4.69) is 18.7 Å². The van der Waals surface area contributed by atoms with Crippen molar-refractivity contribution in [2.24, 2.45) is 11.7 Å². The van der Waals surface area contributed by atoms with Gasteiger partial charge in [0.05, 0.1) is 14.2 Å². The minimum atomic E-state index is -0.0607. The molecule has 118 valence electrons. The molecule has 1 aliphatic heterocycles. The Labute approximate surface area is 128 Å². The average Bonchev–Trinajstić information content (AvgIpc) is 2.94. The lowest BCUT2D eigenvalue weighted by Crippen LogP contribution is -2.38. The van der Waals surface area contributed by atoms with Gasteiger partial charge in [0.1, 0.15) is 11.5 Å². The van der Waals surface area contributed by atoms with E-state index < -0.39 is 0 Å². The van der Waals surface area contributed by atoms with Crippen LogP contribution in [0.2, 0.25) is 0 Å². The molecule has 0 aromatic heterocycles. The quantitative estimate of drug-likeness (QED) is 0.876. The smallest absolute Gasteiger partial charge is 0.123 e. The zero-order chi connectivity index (χ0) is 15.4. The predicted molar refractivity (Wildman–Crippen MR) is 85.9 cm³/mol. The summed E-state index contributed by atoms with van der Waals surface area (Å²) < 4.78 is 10.8. The van der Waals surface area contributed by atoms with Crippen LogP contribution in [-0.2, 0) is 0 Å². The number of nitrogens with zero attached hydrogens (tertiary/aromatic N) is 1. The molecular formula is C17H28N2O2. The van der Waals surface area contributed by atoms with E-state index in [0.717, 1.165) is 30.2 Å². The van der Waals surface area contributed by atoms with Gasteiger partial charge in [0.15, 0.2) is 0 Å². The molecule has 0 bridgehead atoms. The van der Waals surface area contributed by atoms with Crippen LogP contribution in [0.1, 0.15) is 38.3 Å². The van der Waals surface area contributed by atoms with Gasteiger partial charge in [0, 0.05) is 24.2 Å². The van der Waals surface area contributed by atoms with Crippen molar-refractivity contribution in [2.45, 2.75) is 38.8 Å². The van der Waals surface area contributed by atoms with Crippen LogP contribution in [0.5, 0.6) is 11.5 Å². The van der Waals surface area contributed by atoms with E-state index in [-0.39, 0.29) is 6.04 Å². The summed E-state index contributed by atoms with van der Waals surface area (Å²) in [6.45, 7) is 6.59. The number of ether oxygens (including phenoxy) is 2. The zero-order valence-electron chi connectivity index (χ0n) is 13.6. The fourth-order valence-electron chi connectivity index (χ4n) is 3.31. The summed E-state index contributed by atoms with van der Waals surface area (Å²) in [5.74, 6) is 2.33. The zero-order valence-corrected chi connectivity index (χ0v) is 13.6. The number of benzene rings is 1. The van der Waals surface area contributed by atoms with Gasteiger partial charge >= 0.3 is 0 Å². The molecule has 2 N–H and O–H groups in total. The number of rotatable bonds is 6. The standard InChI is InChI=1S/C17H28N2O2/c1-12(2)16-6-5-9-19(16)11-15(18)14-10-13(20-3)7-8-17(14)21-4/h7-8,10,12,15-16H,5-6,9,11,18H2,1-4H3. The van der Waals surface area contributed by atoms with Crippen LogP contribution in [0.4, 0.5) is 0 Å². The van der Waals surface area contributed by atoms with E-state index in [1.54, 1.807) is 14.2 Å². The molecule has 1 aromatic rings. The molecule has 1 aliphatic rings. The SMILES string of the molecule is COc1ccc(OC)c(C(N)CN2CCCC2C(C)C)c1. The minimum Gasteiger partial charge on any atom is -0.497 e. The lowest BCUT2D eigenvalue weighted by molar-refractivity contribution is 0.195. The molecule has 1 fully saturated rings. The molecule has 0 radical (unpaired) electrons. The molecule has 2 atom stereocenters. The van der Waals surface area contributed by atoms with Crippen LogP contribution >= 0.6 is 0 Å². The monoisotopic (exact) mass is 292 g/mol. The summed E-state index contributed by atoms with van der Waals surface area (Å²) in [5.41, 5.74) is 7.48. The third-order valence-corrected chi connectivity index (χ3v) is 4.45. The topological polar surface area (TPSA) is 47.7 Å². The van der Waals surface area contributed by atoms with Crippen molar-refractivity contribution >= 4 is 0 Å². The number of nitrogens with two attached hydrogens (primary N) is 1. The summed E-state index contributed by atoms with van der Waals surface area (Å²) >= 11 is 0. The number of hydrogen-bond donors (Lipinski definition) is 1. The lowest BCUT2D eigenvalue weighted by atomic mass is 10.0. The van der Waals surface area contributed by atoms with Gasteiger partial charge in [-0.15, -0.1) is 0 Å². The van der Waals surface area contributed by atoms with E-state index in [4.69, 9.17) is 15.2 Å². The first-order valence-corrected chi connectivity index (χ1v) is 7.78. The van der Waals surface area contributed by atoms with Gasteiger partial charge in [0.2, 0.25) is 0 Å². The van der Waals surface area contributed by atoms with Gasteiger partial charge in [-0.3, -0.25) is 4.90 Å². The van der Waals surface area contributed by atoms with E-state index in [1.807, 2.05) is 18.2 Å². The largest absolute Gasteiger partial charge is 0.497 e. The minimum absolute atomic E-state index is 0.0607. The Balaban J connectivity index is 2.14. The van der Waals surface area contributed by atoms with E-state index >= 15 is 0 Å². The third-order valence-electron chi connectivity index (χ3n) is 4.45. The van der Waals surface area contributed by atoms with Crippen LogP contribution in [-0.4, -0.2) is 38.3 Å². The highest BCUT2D eigenvalue weighted by Gasteiger charge is 2.29. The normalized spacial score (nSPS) is 20.8. The Kier molecular flexibility index (Phi) is 5.48. The highest BCUT2D eigenvalue weighted by Crippen LogP contribution is 2.31. The van der Waals surface area contributed by atoms with Gasteiger partial charge in [-0.25, -0.2) is 0 Å². The van der Waals surface area contributed by atoms with Crippen LogP contribution in [0, 0.1) is 5.92 Å². The summed E-state index contributed by atoms with van der Waals surface area (Å²) in [6, 6.07) is 6.41. The van der Waals surface area contributed by atoms with Crippen LogP contribution in [0.15, 0.2) is 18.2 Å². The Bertz CT molecular complexity index is 462. The van der Waals surface area contributed by atoms with Crippen molar-refractivity contribution in [3.8, 4) is 11.5 Å². The molecule has 0 spiro atoms. The van der Waals surface area contributed by atoms with Crippen molar-refractivity contribution in [1.29, 1.82) is 0 Å². The Morgan fingerprint density at radius 1 is 1.29 bits per heavy atom. The maximum atomic E-state index is 6.46. The first-order chi connectivity index (χ1) is 10.1. The molecule has 1 heterocycles. The second kappa shape index (κ2) is 7.14. The van der Waals surface area contributed by atoms with Gasteiger partial charge in [-0.2, -0.15) is 0 Å². The van der Waals surface area contributed by atoms with Crippen molar-refractivity contribution < 1.29 is 9.47 Å². The predicted octanol–water partition coefficient (Wildman–Crippen LogP) is 2.82. The maximum Gasteiger partial charge on any atom is 0.123 e. The van der Waals surface area contributed by atoms with Gasteiger partial charge in [0.25, 0.3) is 0 Å². The van der Waals surface area contributed by atoms with E-state index in [9.17, 15) is 0 Å². The maximum absolute atomic E-state index is 6.46.